The zero-order valence-electron chi connectivity index (χ0n) is 6.12. The van der Waals surface area contributed by atoms with Gasteiger partial charge < -0.3 is 0 Å². The standard InChI is InChI=1S/C7H5NS.CH3Cl/c1-2-4-7-6(3-1)8-5-9-7;1-2/h1-5H;1H3. The summed E-state index contributed by atoms with van der Waals surface area (Å²) in [5, 5.41) is 0. The molecule has 0 aliphatic carbocycles. The van der Waals surface area contributed by atoms with Crippen molar-refractivity contribution in [2.75, 3.05) is 6.38 Å². The molecule has 0 N–H and O–H groups in total. The molecule has 0 aliphatic rings. The van der Waals surface area contributed by atoms with Crippen LogP contribution < -0.4 is 0 Å². The predicted molar refractivity (Wildman–Crippen MR) is 51.4 cm³/mol. The first kappa shape index (κ1) is 8.50. The Labute approximate surface area is 74.6 Å². The third kappa shape index (κ3) is 1.91. The highest BCUT2D eigenvalue weighted by atomic mass is 35.5. The van der Waals surface area contributed by atoms with Gasteiger partial charge in [-0.05, 0) is 12.1 Å². The van der Waals surface area contributed by atoms with Gasteiger partial charge in [0.15, 0.2) is 0 Å². The molecule has 0 bridgehead atoms. The molecule has 0 atom stereocenters. The van der Waals surface area contributed by atoms with Crippen LogP contribution in [0.2, 0.25) is 0 Å². The minimum Gasteiger partial charge on any atom is -0.245 e. The summed E-state index contributed by atoms with van der Waals surface area (Å²) < 4.78 is 1.26. The van der Waals surface area contributed by atoms with Crippen LogP contribution in [-0.2, 0) is 0 Å². The van der Waals surface area contributed by atoms with Gasteiger partial charge >= 0.3 is 0 Å². The van der Waals surface area contributed by atoms with E-state index in [1.54, 1.807) is 11.3 Å². The Balaban J connectivity index is 0.000000281. The molecule has 0 aliphatic heterocycles. The van der Waals surface area contributed by atoms with Crippen molar-refractivity contribution in [1.29, 1.82) is 0 Å². The van der Waals surface area contributed by atoms with Crippen LogP contribution in [0.1, 0.15) is 0 Å². The van der Waals surface area contributed by atoms with Gasteiger partial charge in [-0.3, -0.25) is 0 Å². The summed E-state index contributed by atoms with van der Waals surface area (Å²) in [6, 6.07) is 8.13. The minimum absolute atomic E-state index is 1.10. The van der Waals surface area contributed by atoms with Crippen LogP contribution in [0.15, 0.2) is 29.8 Å². The third-order valence-corrected chi connectivity index (χ3v) is 2.05. The molecule has 0 radical (unpaired) electrons. The molecule has 58 valence electrons. The second-order valence-corrected chi connectivity index (χ2v) is 2.71. The molecule has 3 heteroatoms. The lowest BCUT2D eigenvalue weighted by Crippen LogP contribution is -1.61. The highest BCUT2D eigenvalue weighted by Crippen LogP contribution is 2.15. The average Bonchev–Trinajstić information content (AvgIpc) is 2.55. The fraction of sp³-hybridized carbons (Fsp3) is 0.125. The highest BCUT2D eigenvalue weighted by Gasteiger charge is 1.89. The van der Waals surface area contributed by atoms with Crippen molar-refractivity contribution in [3.8, 4) is 0 Å². The summed E-state index contributed by atoms with van der Waals surface area (Å²) >= 11 is 6.32. The zero-order chi connectivity index (χ0) is 8.10. The normalized spacial score (nSPS) is 8.91. The van der Waals surface area contributed by atoms with Gasteiger partial charge in [-0.25, -0.2) is 4.98 Å². The van der Waals surface area contributed by atoms with E-state index < -0.39 is 0 Å². The Kier molecular flexibility index (Phi) is 3.33. The number of alkyl halides is 1. The maximum Gasteiger partial charge on any atom is 0.0812 e. The molecule has 11 heavy (non-hydrogen) atoms. The van der Waals surface area contributed by atoms with Gasteiger partial charge in [0.1, 0.15) is 0 Å². The number of rotatable bonds is 0. The summed E-state index contributed by atoms with van der Waals surface area (Å²) in [5.74, 6) is 0. The smallest absolute Gasteiger partial charge is 0.0812 e. The van der Waals surface area contributed by atoms with E-state index in [0.717, 1.165) is 5.52 Å². The summed E-state index contributed by atoms with van der Waals surface area (Å²) in [6.07, 6.45) is 1.47. The van der Waals surface area contributed by atoms with Crippen LogP contribution in [0.3, 0.4) is 0 Å². The largest absolute Gasteiger partial charge is 0.245 e. The van der Waals surface area contributed by atoms with Crippen LogP contribution in [0.5, 0.6) is 0 Å². The first-order valence-electron chi connectivity index (χ1n) is 3.13. The van der Waals surface area contributed by atoms with Gasteiger partial charge in [0.2, 0.25) is 0 Å². The van der Waals surface area contributed by atoms with Crippen molar-refractivity contribution < 1.29 is 0 Å². The monoisotopic (exact) mass is 185 g/mol. The Hall–Kier alpha value is -0.600. The van der Waals surface area contributed by atoms with Gasteiger partial charge in [-0.15, -0.1) is 22.9 Å². The van der Waals surface area contributed by atoms with Gasteiger partial charge in [-0.2, -0.15) is 0 Å². The van der Waals surface area contributed by atoms with E-state index in [4.69, 9.17) is 0 Å². The Morgan fingerprint density at radius 1 is 1.27 bits per heavy atom. The number of fused-ring (bicyclic) bond motifs is 1. The van der Waals surface area contributed by atoms with Crippen molar-refractivity contribution in [2.24, 2.45) is 0 Å². The van der Waals surface area contributed by atoms with E-state index in [0.29, 0.717) is 0 Å². The number of benzene rings is 1. The number of halogens is 1. The number of hydrogen-bond donors (Lipinski definition) is 0. The van der Waals surface area contributed by atoms with E-state index >= 15 is 0 Å². The van der Waals surface area contributed by atoms with Crippen LogP contribution in [0.4, 0.5) is 0 Å². The molecule has 0 amide bonds. The van der Waals surface area contributed by atoms with Crippen LogP contribution in [0.25, 0.3) is 10.2 Å². The lowest BCUT2D eigenvalue weighted by molar-refractivity contribution is 1.50. The quantitative estimate of drug-likeness (QED) is 0.575. The Bertz CT molecular complexity index is 288. The first-order valence-corrected chi connectivity index (χ1v) is 4.76. The molecule has 2 rings (SSSR count). The van der Waals surface area contributed by atoms with Crippen LogP contribution in [-0.4, -0.2) is 11.4 Å². The number of hydrogen-bond acceptors (Lipinski definition) is 2. The van der Waals surface area contributed by atoms with E-state index in [1.165, 1.54) is 11.1 Å². The number of thiazole rings is 1. The molecule has 0 fully saturated rings. The lowest BCUT2D eigenvalue weighted by Gasteiger charge is -1.80. The zero-order valence-corrected chi connectivity index (χ0v) is 7.69. The number of nitrogens with zero attached hydrogens (tertiary/aromatic N) is 1. The average molecular weight is 186 g/mol. The topological polar surface area (TPSA) is 12.9 Å². The summed E-state index contributed by atoms with van der Waals surface area (Å²) in [6.45, 7) is 0. The van der Waals surface area contributed by atoms with Crippen LogP contribution in [0, 0.1) is 0 Å². The molecule has 1 heterocycles. The van der Waals surface area contributed by atoms with E-state index in [2.05, 4.69) is 22.7 Å². The molecule has 1 aromatic heterocycles. The van der Waals surface area contributed by atoms with Gasteiger partial charge in [0, 0.05) is 6.38 Å². The Morgan fingerprint density at radius 2 is 2.00 bits per heavy atom. The van der Waals surface area contributed by atoms with Gasteiger partial charge in [0.05, 0.1) is 15.7 Å². The van der Waals surface area contributed by atoms with Gasteiger partial charge in [0.25, 0.3) is 0 Å². The second kappa shape index (κ2) is 4.31. The molecule has 1 aromatic carbocycles. The van der Waals surface area contributed by atoms with E-state index in [-0.39, 0.29) is 0 Å². The molecule has 0 saturated heterocycles. The minimum atomic E-state index is 1.10. The fourth-order valence-corrected chi connectivity index (χ4v) is 1.48. The highest BCUT2D eigenvalue weighted by molar-refractivity contribution is 7.16. The second-order valence-electron chi connectivity index (χ2n) is 1.82. The number of aromatic nitrogens is 1. The van der Waals surface area contributed by atoms with Crippen LogP contribution >= 0.6 is 22.9 Å². The fourth-order valence-electron chi connectivity index (χ4n) is 0.803. The molecular weight excluding hydrogens is 178 g/mol. The maximum absolute atomic E-state index is 4.64. The van der Waals surface area contributed by atoms with Crippen molar-refractivity contribution in [1.82, 2.24) is 4.98 Å². The maximum atomic E-state index is 4.64. The molecule has 0 spiro atoms. The Morgan fingerprint density at radius 3 is 2.73 bits per heavy atom. The molecule has 1 nitrogen and oxygen atoms in total. The third-order valence-electron chi connectivity index (χ3n) is 1.24. The molecule has 0 saturated carbocycles. The van der Waals surface area contributed by atoms with E-state index in [1.807, 2.05) is 23.7 Å². The lowest BCUT2D eigenvalue weighted by atomic mass is 10.3. The van der Waals surface area contributed by atoms with Crippen molar-refractivity contribution in [3.05, 3.63) is 29.8 Å². The van der Waals surface area contributed by atoms with E-state index in [9.17, 15) is 0 Å². The SMILES string of the molecule is CCl.c1ccc2scnc2c1. The van der Waals surface area contributed by atoms with Crippen molar-refractivity contribution in [3.63, 3.8) is 0 Å². The molecule has 0 unspecified atom stereocenters. The predicted octanol–water partition coefficient (Wildman–Crippen LogP) is 3.15. The van der Waals surface area contributed by atoms with Crippen molar-refractivity contribution >= 4 is 33.2 Å². The summed E-state index contributed by atoms with van der Waals surface area (Å²) in [4.78, 5) is 4.14. The molecular formula is C8H8ClNS. The summed E-state index contributed by atoms with van der Waals surface area (Å²) in [7, 11) is 0. The van der Waals surface area contributed by atoms with Gasteiger partial charge in [-0.1, -0.05) is 12.1 Å². The molecule has 2 aromatic rings. The first-order chi connectivity index (χ1) is 5.47. The van der Waals surface area contributed by atoms with Crippen molar-refractivity contribution in [2.45, 2.75) is 0 Å². The number of para-hydroxylation sites is 1. The summed E-state index contributed by atoms with van der Waals surface area (Å²) in [5.41, 5.74) is 2.97.